The summed E-state index contributed by atoms with van der Waals surface area (Å²) in [7, 11) is 0. The zero-order valence-corrected chi connectivity index (χ0v) is 15.6. The molecule has 0 aliphatic rings. The summed E-state index contributed by atoms with van der Waals surface area (Å²) in [6.45, 7) is 3.71. The van der Waals surface area contributed by atoms with Gasteiger partial charge in [-0.25, -0.2) is 0 Å². The molecule has 1 N–H and O–H groups in total. The number of unbranched alkanes of at least 4 members (excludes halogenated alkanes) is 4. The first-order valence-electron chi connectivity index (χ1n) is 9.49. The maximum atomic E-state index is 12.4. The van der Waals surface area contributed by atoms with Crippen molar-refractivity contribution in [1.82, 2.24) is 5.32 Å². The fraction of sp³-hybridized carbons (Fsp3) is 0.409. The molecule has 0 saturated carbocycles. The molecule has 26 heavy (non-hydrogen) atoms. The van der Waals surface area contributed by atoms with Gasteiger partial charge in [0, 0.05) is 6.54 Å². The number of carbonyl (C=O) groups excluding carboxylic acids is 1. The van der Waals surface area contributed by atoms with Crippen LogP contribution in [0.3, 0.4) is 0 Å². The molecule has 0 spiro atoms. The first-order valence-corrected chi connectivity index (χ1v) is 9.49. The van der Waals surface area contributed by atoms with Gasteiger partial charge in [-0.15, -0.1) is 0 Å². The van der Waals surface area contributed by atoms with E-state index in [1.807, 2.05) is 48.5 Å². The Morgan fingerprint density at radius 2 is 1.54 bits per heavy atom. The number of para-hydroxylation sites is 2. The molecule has 0 bridgehead atoms. The summed E-state index contributed by atoms with van der Waals surface area (Å²) in [5.74, 6) is 1.32. The van der Waals surface area contributed by atoms with E-state index in [2.05, 4.69) is 12.2 Å². The van der Waals surface area contributed by atoms with Crippen molar-refractivity contribution < 1.29 is 14.3 Å². The van der Waals surface area contributed by atoms with Crippen LogP contribution >= 0.6 is 0 Å². The summed E-state index contributed by atoms with van der Waals surface area (Å²) in [6.07, 6.45) is 5.89. The molecule has 2 rings (SSSR count). The van der Waals surface area contributed by atoms with Gasteiger partial charge < -0.3 is 14.8 Å². The lowest BCUT2D eigenvalue weighted by Crippen LogP contribution is -2.25. The third-order valence-corrected chi connectivity index (χ3v) is 4.05. The second-order valence-electron chi connectivity index (χ2n) is 6.18. The van der Waals surface area contributed by atoms with Gasteiger partial charge in [-0.1, -0.05) is 62.9 Å². The van der Waals surface area contributed by atoms with Crippen molar-refractivity contribution in [2.75, 3.05) is 19.8 Å². The van der Waals surface area contributed by atoms with Crippen molar-refractivity contribution in [2.24, 2.45) is 0 Å². The lowest BCUT2D eigenvalue weighted by molar-refractivity contribution is 0.0947. The standard InChI is InChI=1S/C22H29NO3/c1-2-3-4-5-11-16-23-22(24)20-14-9-10-15-21(20)26-18-17-25-19-12-7-6-8-13-19/h6-10,12-15H,2-5,11,16-18H2,1H3,(H,23,24). The number of rotatable bonds is 12. The average molecular weight is 355 g/mol. The minimum absolute atomic E-state index is 0.0833. The molecule has 0 fully saturated rings. The molecular weight excluding hydrogens is 326 g/mol. The molecule has 0 aliphatic heterocycles. The predicted molar refractivity (Wildman–Crippen MR) is 105 cm³/mol. The average Bonchev–Trinajstić information content (AvgIpc) is 2.69. The van der Waals surface area contributed by atoms with Crippen LogP contribution in [0.25, 0.3) is 0 Å². The van der Waals surface area contributed by atoms with Crippen LogP contribution in [0.1, 0.15) is 49.4 Å². The number of ether oxygens (including phenoxy) is 2. The van der Waals surface area contributed by atoms with Crippen molar-refractivity contribution in [3.05, 3.63) is 60.2 Å². The van der Waals surface area contributed by atoms with Crippen LogP contribution in [0.5, 0.6) is 11.5 Å². The van der Waals surface area contributed by atoms with Crippen LogP contribution in [0.15, 0.2) is 54.6 Å². The molecule has 0 aromatic heterocycles. The Kier molecular flexibility index (Phi) is 9.12. The van der Waals surface area contributed by atoms with Crippen molar-refractivity contribution in [3.8, 4) is 11.5 Å². The molecule has 4 nitrogen and oxygen atoms in total. The van der Waals surface area contributed by atoms with E-state index in [9.17, 15) is 4.79 Å². The number of benzene rings is 2. The molecule has 0 heterocycles. The highest BCUT2D eigenvalue weighted by molar-refractivity contribution is 5.96. The highest BCUT2D eigenvalue weighted by Crippen LogP contribution is 2.18. The Morgan fingerprint density at radius 3 is 2.35 bits per heavy atom. The number of hydrogen-bond donors (Lipinski definition) is 1. The van der Waals surface area contributed by atoms with Gasteiger partial charge >= 0.3 is 0 Å². The van der Waals surface area contributed by atoms with Crippen LogP contribution < -0.4 is 14.8 Å². The SMILES string of the molecule is CCCCCCCNC(=O)c1ccccc1OCCOc1ccccc1. The van der Waals surface area contributed by atoms with Gasteiger partial charge in [-0.3, -0.25) is 4.79 Å². The van der Waals surface area contributed by atoms with Crippen molar-refractivity contribution >= 4 is 5.91 Å². The highest BCUT2D eigenvalue weighted by Gasteiger charge is 2.11. The molecule has 0 radical (unpaired) electrons. The molecule has 0 unspecified atom stereocenters. The molecular formula is C22H29NO3. The Labute approximate surface area is 156 Å². The molecule has 0 aliphatic carbocycles. The Hall–Kier alpha value is -2.49. The zero-order valence-electron chi connectivity index (χ0n) is 15.6. The van der Waals surface area contributed by atoms with Crippen molar-refractivity contribution in [2.45, 2.75) is 39.0 Å². The van der Waals surface area contributed by atoms with E-state index in [1.54, 1.807) is 6.07 Å². The van der Waals surface area contributed by atoms with Crippen LogP contribution in [-0.2, 0) is 0 Å². The van der Waals surface area contributed by atoms with Crippen LogP contribution in [0, 0.1) is 0 Å². The maximum absolute atomic E-state index is 12.4. The fourth-order valence-electron chi connectivity index (χ4n) is 2.63. The largest absolute Gasteiger partial charge is 0.490 e. The minimum Gasteiger partial charge on any atom is -0.490 e. The summed E-state index contributed by atoms with van der Waals surface area (Å²) < 4.78 is 11.4. The Bertz CT molecular complexity index is 643. The van der Waals surface area contributed by atoms with E-state index in [0.29, 0.717) is 31.1 Å². The third-order valence-electron chi connectivity index (χ3n) is 4.05. The van der Waals surface area contributed by atoms with Gasteiger partial charge in [0.15, 0.2) is 0 Å². The van der Waals surface area contributed by atoms with Crippen LogP contribution in [0.4, 0.5) is 0 Å². The van der Waals surface area contributed by atoms with Gasteiger partial charge in [-0.05, 0) is 30.7 Å². The van der Waals surface area contributed by atoms with E-state index < -0.39 is 0 Å². The maximum Gasteiger partial charge on any atom is 0.255 e. The van der Waals surface area contributed by atoms with E-state index in [4.69, 9.17) is 9.47 Å². The Balaban J connectivity index is 1.74. The van der Waals surface area contributed by atoms with Gasteiger partial charge in [0.1, 0.15) is 24.7 Å². The highest BCUT2D eigenvalue weighted by atomic mass is 16.5. The van der Waals surface area contributed by atoms with Crippen molar-refractivity contribution in [3.63, 3.8) is 0 Å². The molecule has 140 valence electrons. The number of nitrogens with one attached hydrogen (secondary N) is 1. The van der Waals surface area contributed by atoms with E-state index in [0.717, 1.165) is 18.6 Å². The number of carbonyl (C=O) groups is 1. The first-order chi connectivity index (χ1) is 12.8. The van der Waals surface area contributed by atoms with Crippen LogP contribution in [-0.4, -0.2) is 25.7 Å². The predicted octanol–water partition coefficient (Wildman–Crippen LogP) is 4.84. The van der Waals surface area contributed by atoms with E-state index in [-0.39, 0.29) is 5.91 Å². The number of amides is 1. The smallest absolute Gasteiger partial charge is 0.255 e. The summed E-state index contributed by atoms with van der Waals surface area (Å²) in [4.78, 5) is 12.4. The van der Waals surface area contributed by atoms with E-state index >= 15 is 0 Å². The summed E-state index contributed by atoms with van der Waals surface area (Å²) in [6, 6.07) is 16.9. The van der Waals surface area contributed by atoms with Crippen LogP contribution in [0.2, 0.25) is 0 Å². The molecule has 1 amide bonds. The van der Waals surface area contributed by atoms with Crippen molar-refractivity contribution in [1.29, 1.82) is 0 Å². The molecule has 4 heteroatoms. The van der Waals surface area contributed by atoms with Gasteiger partial charge in [0.05, 0.1) is 5.56 Å². The second-order valence-corrected chi connectivity index (χ2v) is 6.18. The first kappa shape index (κ1) is 19.8. The van der Waals surface area contributed by atoms with Gasteiger partial charge in [0.2, 0.25) is 0 Å². The monoisotopic (exact) mass is 355 g/mol. The summed E-state index contributed by atoms with van der Waals surface area (Å²) in [5.41, 5.74) is 0.570. The normalized spacial score (nSPS) is 10.3. The topological polar surface area (TPSA) is 47.6 Å². The zero-order chi connectivity index (χ0) is 18.5. The second kappa shape index (κ2) is 12.0. The summed E-state index contributed by atoms with van der Waals surface area (Å²) in [5, 5.41) is 2.98. The lowest BCUT2D eigenvalue weighted by atomic mass is 10.1. The molecule has 0 atom stereocenters. The number of hydrogen-bond acceptors (Lipinski definition) is 3. The lowest BCUT2D eigenvalue weighted by Gasteiger charge is -2.12. The molecule has 0 saturated heterocycles. The molecule has 2 aromatic rings. The quantitative estimate of drug-likeness (QED) is 0.554. The molecule has 2 aromatic carbocycles. The summed E-state index contributed by atoms with van der Waals surface area (Å²) >= 11 is 0. The van der Waals surface area contributed by atoms with E-state index in [1.165, 1.54) is 19.3 Å². The minimum atomic E-state index is -0.0833. The van der Waals surface area contributed by atoms with Gasteiger partial charge in [0.25, 0.3) is 5.91 Å². The fourth-order valence-corrected chi connectivity index (χ4v) is 2.63. The third kappa shape index (κ3) is 7.18. The van der Waals surface area contributed by atoms with Gasteiger partial charge in [-0.2, -0.15) is 0 Å². The Morgan fingerprint density at radius 1 is 0.846 bits per heavy atom.